The zero-order chi connectivity index (χ0) is 14.8. The molecule has 1 aromatic rings. The highest BCUT2D eigenvalue weighted by Crippen LogP contribution is 2.29. The second kappa shape index (κ2) is 9.82. The van der Waals surface area contributed by atoms with E-state index in [1.807, 2.05) is 18.2 Å². The summed E-state index contributed by atoms with van der Waals surface area (Å²) in [6, 6.07) is 7.26. The Balaban J connectivity index is 2.38. The highest BCUT2D eigenvalue weighted by atomic mass is 35.5. The van der Waals surface area contributed by atoms with Gasteiger partial charge in [-0.3, -0.25) is 4.79 Å². The van der Waals surface area contributed by atoms with E-state index in [-0.39, 0.29) is 0 Å². The third-order valence-corrected chi connectivity index (χ3v) is 4.02. The molecule has 0 aliphatic heterocycles. The SMILES string of the molecule is CCCCCCCCCC(C(=O)O)c1ccccc1Cl. The predicted octanol–water partition coefficient (Wildman–Crippen LogP) is 5.65. The summed E-state index contributed by atoms with van der Waals surface area (Å²) in [6.07, 6.45) is 9.06. The van der Waals surface area contributed by atoms with Crippen LogP contribution in [0.25, 0.3) is 0 Å². The van der Waals surface area contributed by atoms with E-state index >= 15 is 0 Å². The highest BCUT2D eigenvalue weighted by molar-refractivity contribution is 6.31. The van der Waals surface area contributed by atoms with E-state index in [9.17, 15) is 9.90 Å². The van der Waals surface area contributed by atoms with Gasteiger partial charge in [-0.05, 0) is 18.1 Å². The van der Waals surface area contributed by atoms with Gasteiger partial charge < -0.3 is 5.11 Å². The van der Waals surface area contributed by atoms with Gasteiger partial charge in [-0.15, -0.1) is 0 Å². The van der Waals surface area contributed by atoms with Gasteiger partial charge in [0.1, 0.15) is 0 Å². The number of hydrogen-bond acceptors (Lipinski definition) is 1. The smallest absolute Gasteiger partial charge is 0.311 e. The molecule has 112 valence electrons. The van der Waals surface area contributed by atoms with Crippen molar-refractivity contribution < 1.29 is 9.90 Å². The molecule has 0 bridgehead atoms. The van der Waals surface area contributed by atoms with E-state index in [1.165, 1.54) is 32.1 Å². The first kappa shape index (κ1) is 17.0. The van der Waals surface area contributed by atoms with Crippen molar-refractivity contribution >= 4 is 17.6 Å². The minimum atomic E-state index is -0.774. The lowest BCUT2D eigenvalue weighted by Crippen LogP contribution is -2.12. The number of carboxylic acids is 1. The predicted molar refractivity (Wildman–Crippen MR) is 84.4 cm³/mol. The normalized spacial score (nSPS) is 12.3. The molecule has 0 fully saturated rings. The number of halogens is 1. The van der Waals surface area contributed by atoms with E-state index < -0.39 is 11.9 Å². The van der Waals surface area contributed by atoms with Gasteiger partial charge in [0.05, 0.1) is 5.92 Å². The molecule has 1 N–H and O–H groups in total. The first-order valence-corrected chi connectivity index (χ1v) is 8.01. The number of rotatable bonds is 10. The van der Waals surface area contributed by atoms with E-state index in [4.69, 9.17) is 11.6 Å². The first-order valence-electron chi connectivity index (χ1n) is 7.64. The molecular weight excluding hydrogens is 272 g/mol. The van der Waals surface area contributed by atoms with Crippen molar-refractivity contribution in [1.29, 1.82) is 0 Å². The van der Waals surface area contributed by atoms with Gasteiger partial charge in [0.25, 0.3) is 0 Å². The Morgan fingerprint density at radius 1 is 1.10 bits per heavy atom. The van der Waals surface area contributed by atoms with Gasteiger partial charge >= 0.3 is 5.97 Å². The Labute approximate surface area is 127 Å². The lowest BCUT2D eigenvalue weighted by molar-refractivity contribution is -0.139. The van der Waals surface area contributed by atoms with Crippen LogP contribution in [0.2, 0.25) is 5.02 Å². The number of carboxylic acid groups (broad SMARTS) is 1. The van der Waals surface area contributed by atoms with E-state index in [0.29, 0.717) is 11.4 Å². The van der Waals surface area contributed by atoms with E-state index in [0.717, 1.165) is 18.4 Å². The molecule has 1 aromatic carbocycles. The summed E-state index contributed by atoms with van der Waals surface area (Å²) < 4.78 is 0. The molecule has 1 atom stereocenters. The van der Waals surface area contributed by atoms with Crippen LogP contribution in [0.3, 0.4) is 0 Å². The minimum absolute atomic E-state index is 0.473. The van der Waals surface area contributed by atoms with Gasteiger partial charge in [-0.2, -0.15) is 0 Å². The first-order chi connectivity index (χ1) is 9.66. The van der Waals surface area contributed by atoms with E-state index in [1.54, 1.807) is 6.07 Å². The maximum absolute atomic E-state index is 11.4. The van der Waals surface area contributed by atoms with Crippen LogP contribution >= 0.6 is 11.6 Å². The largest absolute Gasteiger partial charge is 0.481 e. The number of aliphatic carboxylic acids is 1. The molecular formula is C17H25ClO2. The summed E-state index contributed by atoms with van der Waals surface area (Å²) in [5.41, 5.74) is 0.743. The molecule has 3 heteroatoms. The topological polar surface area (TPSA) is 37.3 Å². The third kappa shape index (κ3) is 5.96. The fourth-order valence-corrected chi connectivity index (χ4v) is 2.74. The van der Waals surface area contributed by atoms with Crippen LogP contribution in [0.15, 0.2) is 24.3 Å². The Hall–Kier alpha value is -1.02. The molecule has 0 saturated heterocycles. The monoisotopic (exact) mass is 296 g/mol. The average molecular weight is 297 g/mol. The lowest BCUT2D eigenvalue weighted by atomic mass is 9.93. The van der Waals surface area contributed by atoms with Crippen LogP contribution in [-0.2, 0) is 4.79 Å². The van der Waals surface area contributed by atoms with Crippen LogP contribution in [0.5, 0.6) is 0 Å². The fourth-order valence-electron chi connectivity index (χ4n) is 2.48. The summed E-state index contributed by atoms with van der Waals surface area (Å²) >= 11 is 6.10. The molecule has 0 radical (unpaired) electrons. The van der Waals surface area contributed by atoms with Crippen molar-refractivity contribution in [3.8, 4) is 0 Å². The Morgan fingerprint density at radius 2 is 1.70 bits per heavy atom. The lowest BCUT2D eigenvalue weighted by Gasteiger charge is -2.14. The quantitative estimate of drug-likeness (QED) is 0.567. The standard InChI is InChI=1S/C17H25ClO2/c1-2-3-4-5-6-7-8-12-15(17(19)20)14-11-9-10-13-16(14)18/h9-11,13,15H,2-8,12H2,1H3,(H,19,20). The summed E-state index contributed by atoms with van der Waals surface area (Å²) in [5.74, 6) is -1.25. The molecule has 2 nitrogen and oxygen atoms in total. The van der Waals surface area contributed by atoms with Crippen LogP contribution in [0.4, 0.5) is 0 Å². The Bertz CT molecular complexity index is 404. The zero-order valence-electron chi connectivity index (χ0n) is 12.3. The van der Waals surface area contributed by atoms with Crippen molar-refractivity contribution in [3.05, 3.63) is 34.9 Å². The molecule has 0 aromatic heterocycles. The van der Waals surface area contributed by atoms with Crippen molar-refractivity contribution in [1.82, 2.24) is 0 Å². The zero-order valence-corrected chi connectivity index (χ0v) is 13.0. The van der Waals surface area contributed by atoms with Gasteiger partial charge in [-0.25, -0.2) is 0 Å². The number of hydrogen-bond donors (Lipinski definition) is 1. The molecule has 0 saturated carbocycles. The fraction of sp³-hybridized carbons (Fsp3) is 0.588. The van der Waals surface area contributed by atoms with Crippen LogP contribution in [0, 0.1) is 0 Å². The van der Waals surface area contributed by atoms with Crippen LogP contribution in [0.1, 0.15) is 69.8 Å². The summed E-state index contributed by atoms with van der Waals surface area (Å²) in [6.45, 7) is 2.21. The third-order valence-electron chi connectivity index (χ3n) is 3.68. The number of unbranched alkanes of at least 4 members (excludes halogenated alkanes) is 6. The Kier molecular flexibility index (Phi) is 8.36. The molecule has 0 aliphatic carbocycles. The maximum atomic E-state index is 11.4. The van der Waals surface area contributed by atoms with Gasteiger partial charge in [0.15, 0.2) is 0 Å². The highest BCUT2D eigenvalue weighted by Gasteiger charge is 2.21. The molecule has 0 amide bonds. The molecule has 0 aliphatic rings. The molecule has 20 heavy (non-hydrogen) atoms. The van der Waals surface area contributed by atoms with Crippen molar-refractivity contribution in [2.75, 3.05) is 0 Å². The van der Waals surface area contributed by atoms with Crippen molar-refractivity contribution in [2.24, 2.45) is 0 Å². The van der Waals surface area contributed by atoms with Gasteiger partial charge in [0, 0.05) is 5.02 Å². The average Bonchev–Trinajstić information content (AvgIpc) is 2.43. The molecule has 0 spiro atoms. The second-order valence-electron chi connectivity index (χ2n) is 5.32. The van der Waals surface area contributed by atoms with E-state index in [2.05, 4.69) is 6.92 Å². The Morgan fingerprint density at radius 3 is 2.30 bits per heavy atom. The molecule has 1 rings (SSSR count). The summed E-state index contributed by atoms with van der Waals surface area (Å²) in [4.78, 5) is 11.4. The molecule has 1 unspecified atom stereocenters. The van der Waals surface area contributed by atoms with Crippen molar-refractivity contribution in [3.63, 3.8) is 0 Å². The van der Waals surface area contributed by atoms with Gasteiger partial charge in [-0.1, -0.05) is 81.7 Å². The van der Waals surface area contributed by atoms with Crippen LogP contribution in [-0.4, -0.2) is 11.1 Å². The second-order valence-corrected chi connectivity index (χ2v) is 5.73. The maximum Gasteiger partial charge on any atom is 0.311 e. The minimum Gasteiger partial charge on any atom is -0.481 e. The number of carbonyl (C=O) groups is 1. The summed E-state index contributed by atoms with van der Waals surface area (Å²) in [7, 11) is 0. The van der Waals surface area contributed by atoms with Crippen LogP contribution < -0.4 is 0 Å². The number of benzene rings is 1. The molecule has 0 heterocycles. The van der Waals surface area contributed by atoms with Gasteiger partial charge in [0.2, 0.25) is 0 Å². The summed E-state index contributed by atoms with van der Waals surface area (Å²) in [5, 5.41) is 9.92. The van der Waals surface area contributed by atoms with Crippen molar-refractivity contribution in [2.45, 2.75) is 64.2 Å².